The summed E-state index contributed by atoms with van der Waals surface area (Å²) in [7, 11) is 0. The number of thiazole rings is 1. The van der Waals surface area contributed by atoms with Crippen LogP contribution in [0.1, 0.15) is 61.0 Å². The summed E-state index contributed by atoms with van der Waals surface area (Å²) in [4.78, 5) is 22.5. The summed E-state index contributed by atoms with van der Waals surface area (Å²) < 4.78 is 3.04. The highest BCUT2D eigenvalue weighted by molar-refractivity contribution is 7.22. The van der Waals surface area contributed by atoms with E-state index in [1.165, 1.54) is 11.1 Å². The zero-order valence-electron chi connectivity index (χ0n) is 19.2. The fourth-order valence-corrected chi connectivity index (χ4v) is 4.84. The molecule has 0 radical (unpaired) electrons. The van der Waals surface area contributed by atoms with E-state index >= 15 is 0 Å². The average Bonchev–Trinajstić information content (AvgIpc) is 3.28. The van der Waals surface area contributed by atoms with E-state index in [2.05, 4.69) is 63.7 Å². The number of aryl methyl sites for hydroxylation is 3. The fourth-order valence-electron chi connectivity index (χ4n) is 3.80. The van der Waals surface area contributed by atoms with Crippen LogP contribution >= 0.6 is 11.3 Å². The van der Waals surface area contributed by atoms with Gasteiger partial charge in [0.05, 0.1) is 10.2 Å². The van der Waals surface area contributed by atoms with Gasteiger partial charge in [-0.25, -0.2) is 4.98 Å². The Bertz CT molecular complexity index is 1030. The molecule has 0 atom stereocenters. The summed E-state index contributed by atoms with van der Waals surface area (Å²) in [6.45, 7) is 17.9. The first-order chi connectivity index (χ1) is 14.2. The molecule has 0 N–H and O–H groups in total. The van der Waals surface area contributed by atoms with Crippen LogP contribution in [0, 0.1) is 20.8 Å². The number of rotatable bonds is 8. The molecule has 0 saturated heterocycles. The van der Waals surface area contributed by atoms with Crippen molar-refractivity contribution in [3.63, 3.8) is 0 Å². The van der Waals surface area contributed by atoms with E-state index < -0.39 is 0 Å². The predicted molar refractivity (Wildman–Crippen MR) is 126 cm³/mol. The second kappa shape index (κ2) is 9.27. The lowest BCUT2D eigenvalue weighted by molar-refractivity contribution is 0.0978. The van der Waals surface area contributed by atoms with Gasteiger partial charge in [0.2, 0.25) is 0 Å². The highest BCUT2D eigenvalue weighted by Crippen LogP contribution is 2.32. The highest BCUT2D eigenvalue weighted by Gasteiger charge is 2.25. The van der Waals surface area contributed by atoms with E-state index in [9.17, 15) is 4.79 Å². The molecule has 162 valence electrons. The van der Waals surface area contributed by atoms with Crippen LogP contribution in [0.25, 0.3) is 10.2 Å². The first kappa shape index (κ1) is 22.4. The van der Waals surface area contributed by atoms with Crippen molar-refractivity contribution >= 4 is 32.6 Å². The molecule has 7 heteroatoms. The number of carbonyl (C=O) groups excluding carboxylic acids is 1. The summed E-state index contributed by atoms with van der Waals surface area (Å²) >= 11 is 1.59. The van der Waals surface area contributed by atoms with Crippen LogP contribution in [0.4, 0.5) is 5.13 Å². The summed E-state index contributed by atoms with van der Waals surface area (Å²) in [6, 6.07) is 6.35. The Morgan fingerprint density at radius 2 is 1.80 bits per heavy atom. The molecule has 0 bridgehead atoms. The van der Waals surface area contributed by atoms with E-state index in [1.807, 2.05) is 22.6 Å². The molecule has 3 aromatic rings. The van der Waals surface area contributed by atoms with Crippen LogP contribution in [-0.2, 0) is 0 Å². The second-order valence-corrected chi connectivity index (χ2v) is 9.10. The summed E-state index contributed by atoms with van der Waals surface area (Å²) in [5.74, 6) is -0.0851. The molecule has 2 heterocycles. The molecule has 0 unspecified atom stereocenters. The SMILES string of the molecule is CCN(CC)CCN(C(=O)c1cc(C)n(C(C)C)n1)c1nc2cc(C)cc(C)c2s1. The normalized spacial score (nSPS) is 11.8. The van der Waals surface area contributed by atoms with Crippen molar-refractivity contribution < 1.29 is 4.79 Å². The van der Waals surface area contributed by atoms with Crippen LogP contribution in [-0.4, -0.2) is 51.8 Å². The van der Waals surface area contributed by atoms with Gasteiger partial charge >= 0.3 is 0 Å². The van der Waals surface area contributed by atoms with Gasteiger partial charge in [0, 0.05) is 24.8 Å². The number of likely N-dealkylation sites (N-methyl/N-ethyl adjacent to an activating group) is 1. The predicted octanol–water partition coefficient (Wildman–Crippen LogP) is 4.99. The van der Waals surface area contributed by atoms with Crippen LogP contribution < -0.4 is 4.90 Å². The van der Waals surface area contributed by atoms with Crippen molar-refractivity contribution in [2.45, 2.75) is 54.5 Å². The standard InChI is InChI=1S/C23H33N5OS/c1-8-26(9-2)10-11-27(22(29)20-14-18(7)28(25-20)15(3)4)23-24-19-13-16(5)12-17(6)21(19)30-23/h12-15H,8-11H2,1-7H3. The molecule has 0 spiro atoms. The van der Waals surface area contributed by atoms with E-state index in [4.69, 9.17) is 4.98 Å². The Balaban J connectivity index is 2.01. The number of amides is 1. The van der Waals surface area contributed by atoms with Crippen molar-refractivity contribution in [2.75, 3.05) is 31.1 Å². The zero-order chi connectivity index (χ0) is 22.0. The van der Waals surface area contributed by atoms with Gasteiger partial charge in [-0.1, -0.05) is 31.3 Å². The number of hydrogen-bond donors (Lipinski definition) is 0. The van der Waals surface area contributed by atoms with E-state index in [0.29, 0.717) is 12.2 Å². The van der Waals surface area contributed by atoms with Gasteiger partial charge in [-0.05, 0) is 71.0 Å². The topological polar surface area (TPSA) is 54.3 Å². The second-order valence-electron chi connectivity index (χ2n) is 8.12. The number of benzene rings is 1. The lowest BCUT2D eigenvalue weighted by Gasteiger charge is -2.24. The molecule has 0 fully saturated rings. The molecule has 1 amide bonds. The van der Waals surface area contributed by atoms with Crippen LogP contribution in [0.2, 0.25) is 0 Å². The first-order valence-electron chi connectivity index (χ1n) is 10.7. The number of aromatic nitrogens is 3. The van der Waals surface area contributed by atoms with Crippen molar-refractivity contribution in [2.24, 2.45) is 0 Å². The minimum Gasteiger partial charge on any atom is -0.302 e. The molecule has 6 nitrogen and oxygen atoms in total. The Morgan fingerprint density at radius 1 is 1.10 bits per heavy atom. The average molecular weight is 428 g/mol. The minimum atomic E-state index is -0.0851. The van der Waals surface area contributed by atoms with Crippen molar-refractivity contribution in [1.82, 2.24) is 19.7 Å². The Kier molecular flexibility index (Phi) is 6.93. The summed E-state index contributed by atoms with van der Waals surface area (Å²) in [5, 5.41) is 5.34. The first-order valence-corrected chi connectivity index (χ1v) is 11.5. The van der Waals surface area contributed by atoms with Gasteiger partial charge in [0.1, 0.15) is 0 Å². The summed E-state index contributed by atoms with van der Waals surface area (Å²) in [6.07, 6.45) is 0. The minimum absolute atomic E-state index is 0.0851. The van der Waals surface area contributed by atoms with Crippen molar-refractivity contribution in [3.8, 4) is 0 Å². The molecule has 0 saturated carbocycles. The maximum Gasteiger partial charge on any atom is 0.280 e. The molecule has 0 aliphatic carbocycles. The fraction of sp³-hybridized carbons (Fsp3) is 0.522. The molecule has 0 aliphatic heterocycles. The van der Waals surface area contributed by atoms with Gasteiger partial charge in [-0.3, -0.25) is 14.4 Å². The lowest BCUT2D eigenvalue weighted by atomic mass is 10.1. The largest absolute Gasteiger partial charge is 0.302 e. The molecular formula is C23H33N5OS. The molecule has 3 rings (SSSR count). The van der Waals surface area contributed by atoms with E-state index in [-0.39, 0.29) is 11.9 Å². The molecule has 2 aromatic heterocycles. The Labute approximate surface area is 183 Å². The number of hydrogen-bond acceptors (Lipinski definition) is 5. The molecular weight excluding hydrogens is 394 g/mol. The third-order valence-corrected chi connectivity index (χ3v) is 6.68. The van der Waals surface area contributed by atoms with Gasteiger partial charge in [-0.15, -0.1) is 0 Å². The van der Waals surface area contributed by atoms with Gasteiger partial charge in [-0.2, -0.15) is 5.10 Å². The molecule has 1 aromatic carbocycles. The van der Waals surface area contributed by atoms with Gasteiger partial charge in [0.15, 0.2) is 10.8 Å². The third kappa shape index (κ3) is 4.57. The highest BCUT2D eigenvalue weighted by atomic mass is 32.1. The van der Waals surface area contributed by atoms with E-state index in [0.717, 1.165) is 40.7 Å². The summed E-state index contributed by atoms with van der Waals surface area (Å²) in [5.41, 5.74) is 4.81. The number of fused-ring (bicyclic) bond motifs is 1. The molecule has 0 aliphatic rings. The Morgan fingerprint density at radius 3 is 2.40 bits per heavy atom. The maximum atomic E-state index is 13.5. The van der Waals surface area contributed by atoms with Crippen molar-refractivity contribution in [1.29, 1.82) is 0 Å². The van der Waals surface area contributed by atoms with E-state index in [1.54, 1.807) is 11.3 Å². The van der Waals surface area contributed by atoms with Crippen LogP contribution in [0.3, 0.4) is 0 Å². The van der Waals surface area contributed by atoms with Crippen LogP contribution in [0.5, 0.6) is 0 Å². The quantitative estimate of drug-likeness (QED) is 0.508. The molecule has 30 heavy (non-hydrogen) atoms. The van der Waals surface area contributed by atoms with Crippen LogP contribution in [0.15, 0.2) is 18.2 Å². The maximum absolute atomic E-state index is 13.5. The number of nitrogens with zero attached hydrogens (tertiary/aromatic N) is 5. The number of carbonyl (C=O) groups is 1. The number of anilines is 1. The van der Waals surface area contributed by atoms with Gasteiger partial charge in [0.25, 0.3) is 5.91 Å². The Hall–Kier alpha value is -2.25. The van der Waals surface area contributed by atoms with Gasteiger partial charge < -0.3 is 4.90 Å². The monoisotopic (exact) mass is 427 g/mol. The third-order valence-electron chi connectivity index (χ3n) is 5.45. The van der Waals surface area contributed by atoms with Crippen molar-refractivity contribution in [3.05, 3.63) is 40.7 Å². The lowest BCUT2D eigenvalue weighted by Crippen LogP contribution is -2.39. The zero-order valence-corrected chi connectivity index (χ0v) is 20.0. The smallest absolute Gasteiger partial charge is 0.280 e.